The highest BCUT2D eigenvalue weighted by atomic mass is 32.1. The molecule has 1 N–H and O–H groups in total. The molecule has 0 aliphatic carbocycles. The molecule has 2 atom stereocenters. The number of amides is 1. The lowest BCUT2D eigenvalue weighted by molar-refractivity contribution is -0.150. The molecule has 1 aromatic heterocycles. The van der Waals surface area contributed by atoms with Gasteiger partial charge >= 0.3 is 5.97 Å². The maximum absolute atomic E-state index is 11.6. The summed E-state index contributed by atoms with van der Waals surface area (Å²) < 4.78 is 0. The van der Waals surface area contributed by atoms with Crippen LogP contribution in [0.1, 0.15) is 23.8 Å². The van der Waals surface area contributed by atoms with Crippen molar-refractivity contribution in [1.82, 2.24) is 9.88 Å². The first kappa shape index (κ1) is 11.1. The van der Waals surface area contributed by atoms with Crippen LogP contribution in [-0.4, -0.2) is 33.9 Å². The number of carboxylic acid groups (broad SMARTS) is 1. The van der Waals surface area contributed by atoms with E-state index in [-0.39, 0.29) is 11.9 Å². The zero-order valence-electron chi connectivity index (χ0n) is 8.79. The Labute approximate surface area is 96.7 Å². The van der Waals surface area contributed by atoms with E-state index in [1.165, 1.54) is 16.2 Å². The maximum atomic E-state index is 11.6. The molecule has 0 radical (unpaired) electrons. The number of aromatic nitrogens is 1. The third-order valence-electron chi connectivity index (χ3n) is 2.92. The normalized spacial score (nSPS) is 25.8. The molecule has 1 amide bonds. The highest BCUT2D eigenvalue weighted by Gasteiger charge is 2.39. The van der Waals surface area contributed by atoms with Gasteiger partial charge in [-0.1, -0.05) is 0 Å². The minimum absolute atomic E-state index is 0.00380. The van der Waals surface area contributed by atoms with Crippen molar-refractivity contribution in [3.63, 3.8) is 0 Å². The van der Waals surface area contributed by atoms with Crippen LogP contribution in [0.5, 0.6) is 0 Å². The molecule has 0 aromatic carbocycles. The van der Waals surface area contributed by atoms with Gasteiger partial charge in [0.25, 0.3) is 0 Å². The second-order valence-corrected chi connectivity index (χ2v) is 4.75. The summed E-state index contributed by atoms with van der Waals surface area (Å²) >= 11 is 1.39. The van der Waals surface area contributed by atoms with E-state index in [0.717, 1.165) is 4.88 Å². The van der Waals surface area contributed by atoms with Gasteiger partial charge in [-0.3, -0.25) is 14.6 Å². The van der Waals surface area contributed by atoms with Crippen molar-refractivity contribution < 1.29 is 14.7 Å². The molecule has 0 bridgehead atoms. The Morgan fingerprint density at radius 1 is 1.69 bits per heavy atom. The molecule has 0 unspecified atom stereocenters. The Bertz CT molecular complexity index is 404. The molecule has 16 heavy (non-hydrogen) atoms. The fourth-order valence-electron chi connectivity index (χ4n) is 2.06. The van der Waals surface area contributed by atoms with Gasteiger partial charge in [0, 0.05) is 24.5 Å². The molecule has 1 aliphatic heterocycles. The smallest absolute Gasteiger partial charge is 0.308 e. The summed E-state index contributed by atoms with van der Waals surface area (Å²) in [5, 5.41) is 9.16. The number of aliphatic carboxylic acids is 1. The van der Waals surface area contributed by atoms with Gasteiger partial charge in [0.2, 0.25) is 5.91 Å². The fourth-order valence-corrected chi connectivity index (χ4v) is 2.88. The van der Waals surface area contributed by atoms with Crippen molar-refractivity contribution in [2.75, 3.05) is 7.05 Å². The van der Waals surface area contributed by atoms with Crippen LogP contribution in [0.25, 0.3) is 0 Å². The van der Waals surface area contributed by atoms with Crippen molar-refractivity contribution in [2.45, 2.75) is 18.9 Å². The van der Waals surface area contributed by atoms with E-state index in [4.69, 9.17) is 5.11 Å². The number of carboxylic acids is 1. The fraction of sp³-hybridized carbons (Fsp3) is 0.500. The molecule has 1 fully saturated rings. The summed E-state index contributed by atoms with van der Waals surface area (Å²) in [5.41, 5.74) is 1.65. The van der Waals surface area contributed by atoms with Crippen molar-refractivity contribution in [1.29, 1.82) is 0 Å². The molecular weight excluding hydrogens is 228 g/mol. The van der Waals surface area contributed by atoms with E-state index in [1.54, 1.807) is 18.8 Å². The topological polar surface area (TPSA) is 70.5 Å². The number of piperidine rings is 1. The third-order valence-corrected chi connectivity index (χ3v) is 3.77. The summed E-state index contributed by atoms with van der Waals surface area (Å²) in [6.45, 7) is 0. The maximum Gasteiger partial charge on any atom is 0.308 e. The first-order chi connectivity index (χ1) is 7.61. The lowest BCUT2D eigenvalue weighted by Gasteiger charge is -2.36. The Kier molecular flexibility index (Phi) is 2.91. The van der Waals surface area contributed by atoms with Gasteiger partial charge in [-0.25, -0.2) is 0 Å². The summed E-state index contributed by atoms with van der Waals surface area (Å²) in [5.74, 6) is -1.38. The molecule has 5 nitrogen and oxygen atoms in total. The third kappa shape index (κ3) is 1.80. The first-order valence-corrected chi connectivity index (χ1v) is 5.86. The molecular formula is C10H12N2O3S. The minimum atomic E-state index is -0.849. The van der Waals surface area contributed by atoms with E-state index in [0.29, 0.717) is 12.8 Å². The number of thiazole rings is 1. The van der Waals surface area contributed by atoms with Gasteiger partial charge in [0.1, 0.15) is 0 Å². The van der Waals surface area contributed by atoms with E-state index in [9.17, 15) is 9.59 Å². The monoisotopic (exact) mass is 240 g/mol. The van der Waals surface area contributed by atoms with Crippen LogP contribution < -0.4 is 0 Å². The minimum Gasteiger partial charge on any atom is -0.481 e. The molecule has 86 valence electrons. The zero-order chi connectivity index (χ0) is 11.7. The van der Waals surface area contributed by atoms with Crippen LogP contribution in [0.4, 0.5) is 0 Å². The zero-order valence-corrected chi connectivity index (χ0v) is 9.61. The van der Waals surface area contributed by atoms with Gasteiger partial charge in [0.05, 0.1) is 17.5 Å². The average molecular weight is 240 g/mol. The van der Waals surface area contributed by atoms with Gasteiger partial charge in [-0.05, 0) is 6.42 Å². The summed E-state index contributed by atoms with van der Waals surface area (Å²) in [4.78, 5) is 29.0. The standard InChI is InChI=1S/C10H12N2O3S/c1-12-8(13)3-2-6(10(14)15)9(12)7-4-11-5-16-7/h4-6,9H,2-3H2,1H3,(H,14,15)/t6-,9-/m0/s1. The van der Waals surface area contributed by atoms with Crippen LogP contribution in [0.15, 0.2) is 11.7 Å². The van der Waals surface area contributed by atoms with E-state index in [1.807, 2.05) is 0 Å². The number of hydrogen-bond donors (Lipinski definition) is 1. The number of likely N-dealkylation sites (tertiary alicyclic amines) is 1. The SMILES string of the molecule is CN1C(=O)CC[C@H](C(=O)O)[C@H]1c1cncs1. The lowest BCUT2D eigenvalue weighted by Crippen LogP contribution is -2.42. The number of hydrogen-bond acceptors (Lipinski definition) is 4. The van der Waals surface area contributed by atoms with E-state index < -0.39 is 11.9 Å². The summed E-state index contributed by atoms with van der Waals surface area (Å²) in [6.07, 6.45) is 2.35. The van der Waals surface area contributed by atoms with Crippen LogP contribution in [0.3, 0.4) is 0 Å². The molecule has 0 spiro atoms. The van der Waals surface area contributed by atoms with Crippen molar-refractivity contribution in [2.24, 2.45) is 5.92 Å². The predicted octanol–water partition coefficient (Wildman–Crippen LogP) is 1.14. The van der Waals surface area contributed by atoms with Crippen LogP contribution in [0, 0.1) is 5.92 Å². The summed E-state index contributed by atoms with van der Waals surface area (Å²) in [6, 6.07) is -0.369. The summed E-state index contributed by atoms with van der Waals surface area (Å²) in [7, 11) is 1.65. The lowest BCUT2D eigenvalue weighted by atomic mass is 9.88. The Hall–Kier alpha value is -1.43. The van der Waals surface area contributed by atoms with Crippen molar-refractivity contribution in [3.8, 4) is 0 Å². The van der Waals surface area contributed by atoms with Gasteiger partial charge in [-0.15, -0.1) is 11.3 Å². The molecule has 1 aliphatic rings. The number of carbonyl (C=O) groups excluding carboxylic acids is 1. The average Bonchev–Trinajstić information content (AvgIpc) is 2.74. The van der Waals surface area contributed by atoms with Gasteiger partial charge in [-0.2, -0.15) is 0 Å². The number of carbonyl (C=O) groups is 2. The van der Waals surface area contributed by atoms with Crippen LogP contribution >= 0.6 is 11.3 Å². The Balaban J connectivity index is 2.34. The molecule has 2 rings (SSSR count). The van der Waals surface area contributed by atoms with Crippen LogP contribution in [0.2, 0.25) is 0 Å². The highest BCUT2D eigenvalue weighted by Crippen LogP contribution is 2.37. The molecule has 1 saturated heterocycles. The first-order valence-electron chi connectivity index (χ1n) is 4.98. The van der Waals surface area contributed by atoms with E-state index in [2.05, 4.69) is 4.98 Å². The van der Waals surface area contributed by atoms with Crippen molar-refractivity contribution in [3.05, 3.63) is 16.6 Å². The second-order valence-electron chi connectivity index (χ2n) is 3.84. The highest BCUT2D eigenvalue weighted by molar-refractivity contribution is 7.09. The molecule has 1 aromatic rings. The van der Waals surface area contributed by atoms with Gasteiger partial charge < -0.3 is 10.0 Å². The molecule has 2 heterocycles. The Morgan fingerprint density at radius 2 is 2.44 bits per heavy atom. The second kappa shape index (κ2) is 4.21. The molecule has 0 saturated carbocycles. The predicted molar refractivity (Wildman–Crippen MR) is 58.0 cm³/mol. The number of nitrogens with zero attached hydrogens (tertiary/aromatic N) is 2. The van der Waals surface area contributed by atoms with Crippen LogP contribution in [-0.2, 0) is 9.59 Å². The quantitative estimate of drug-likeness (QED) is 0.841. The van der Waals surface area contributed by atoms with E-state index >= 15 is 0 Å². The molecule has 6 heteroatoms. The Morgan fingerprint density at radius 3 is 3.00 bits per heavy atom. The largest absolute Gasteiger partial charge is 0.481 e. The van der Waals surface area contributed by atoms with Crippen molar-refractivity contribution >= 4 is 23.2 Å². The number of rotatable bonds is 2. The van der Waals surface area contributed by atoms with Gasteiger partial charge in [0.15, 0.2) is 0 Å².